The number of aromatic nitrogens is 2. The molecule has 1 heterocycles. The third kappa shape index (κ3) is 4.17. The van der Waals surface area contributed by atoms with Crippen molar-refractivity contribution >= 4 is 25.1 Å². The van der Waals surface area contributed by atoms with Gasteiger partial charge in [-0.15, -0.1) is 0 Å². The average Bonchev–Trinajstić information content (AvgIpc) is 3.01. The minimum absolute atomic E-state index is 0.0324. The largest absolute Gasteiger partial charge is 0.544 e. The van der Waals surface area contributed by atoms with Crippen molar-refractivity contribution in [2.24, 2.45) is 4.99 Å². The van der Waals surface area contributed by atoms with Gasteiger partial charge >= 0.3 is 0 Å². The first kappa shape index (κ1) is 17.4. The van der Waals surface area contributed by atoms with Gasteiger partial charge in [-0.1, -0.05) is 24.3 Å². The Morgan fingerprint density at radius 2 is 1.92 bits per heavy atom. The molecule has 0 aliphatic heterocycles. The van der Waals surface area contributed by atoms with E-state index in [2.05, 4.69) is 61.7 Å². The Kier molecular flexibility index (Phi) is 4.77. The number of H-pyrrole nitrogens is 1. The number of imidazole rings is 1. The van der Waals surface area contributed by atoms with Crippen molar-refractivity contribution in [2.75, 3.05) is 0 Å². The number of rotatable bonds is 5. The molecule has 0 spiro atoms. The van der Waals surface area contributed by atoms with Crippen molar-refractivity contribution < 1.29 is 4.43 Å². The Morgan fingerprint density at radius 1 is 1.16 bits per heavy atom. The summed E-state index contributed by atoms with van der Waals surface area (Å²) in [6, 6.07) is 14.4. The summed E-state index contributed by atoms with van der Waals surface area (Å²) < 4.78 is 6.24. The smallest absolute Gasteiger partial charge is 0.242 e. The van der Waals surface area contributed by atoms with Crippen molar-refractivity contribution in [1.82, 2.24) is 9.97 Å². The molecule has 1 unspecified atom stereocenters. The molecule has 0 bridgehead atoms. The van der Waals surface area contributed by atoms with Crippen LogP contribution in [0.15, 0.2) is 53.8 Å². The summed E-state index contributed by atoms with van der Waals surface area (Å²) in [7, 11) is -1.66. The standard InChI is InChI=1S/C20H25N3OSi/c1-14(16-10-11-18-19(12-16)22-13-21-18)23-15(2)17-8-6-7-9-20(17)24-25(3,4)5/h6-13,15H,1-5H3,(H,21,22). The van der Waals surface area contributed by atoms with E-state index in [4.69, 9.17) is 9.42 Å². The summed E-state index contributed by atoms with van der Waals surface area (Å²) in [6.45, 7) is 10.8. The lowest BCUT2D eigenvalue weighted by molar-refractivity contribution is 0.543. The second-order valence-corrected chi connectivity index (χ2v) is 11.7. The molecule has 0 radical (unpaired) electrons. The van der Waals surface area contributed by atoms with Crippen LogP contribution in [0.1, 0.15) is 31.0 Å². The van der Waals surface area contributed by atoms with E-state index in [1.54, 1.807) is 6.33 Å². The van der Waals surface area contributed by atoms with Gasteiger partial charge in [0.05, 0.1) is 23.4 Å². The van der Waals surface area contributed by atoms with E-state index in [0.717, 1.165) is 33.6 Å². The molecule has 25 heavy (non-hydrogen) atoms. The van der Waals surface area contributed by atoms with E-state index in [9.17, 15) is 0 Å². The van der Waals surface area contributed by atoms with Crippen LogP contribution in [0, 0.1) is 0 Å². The van der Waals surface area contributed by atoms with Gasteiger partial charge in [0.2, 0.25) is 8.32 Å². The van der Waals surface area contributed by atoms with Crippen LogP contribution in [-0.4, -0.2) is 24.0 Å². The molecular weight excluding hydrogens is 326 g/mol. The Labute approximate surface area is 150 Å². The van der Waals surface area contributed by atoms with Crippen LogP contribution in [0.3, 0.4) is 0 Å². The van der Waals surface area contributed by atoms with Crippen LogP contribution in [0.25, 0.3) is 11.0 Å². The van der Waals surface area contributed by atoms with Gasteiger partial charge in [-0.25, -0.2) is 4.98 Å². The van der Waals surface area contributed by atoms with Crippen LogP contribution in [-0.2, 0) is 0 Å². The molecule has 1 atom stereocenters. The Hall–Kier alpha value is -2.40. The van der Waals surface area contributed by atoms with E-state index >= 15 is 0 Å². The quantitative estimate of drug-likeness (QED) is 0.498. The molecule has 4 nitrogen and oxygen atoms in total. The zero-order chi connectivity index (χ0) is 18.0. The first-order chi connectivity index (χ1) is 11.8. The summed E-state index contributed by atoms with van der Waals surface area (Å²) in [5, 5.41) is 0. The number of nitrogens with zero attached hydrogens (tertiary/aromatic N) is 2. The maximum Gasteiger partial charge on any atom is 0.242 e. The number of benzene rings is 2. The Bertz CT molecular complexity index is 908. The minimum Gasteiger partial charge on any atom is -0.544 e. The highest BCUT2D eigenvalue weighted by Gasteiger charge is 2.19. The first-order valence-electron chi connectivity index (χ1n) is 8.59. The van der Waals surface area contributed by atoms with Gasteiger partial charge < -0.3 is 9.41 Å². The fourth-order valence-corrected chi connectivity index (χ4v) is 3.69. The van der Waals surface area contributed by atoms with E-state index in [1.807, 2.05) is 24.3 Å². The number of aliphatic imine (C=N–C) groups is 1. The van der Waals surface area contributed by atoms with Gasteiger partial charge in [-0.05, 0) is 57.3 Å². The summed E-state index contributed by atoms with van der Waals surface area (Å²) >= 11 is 0. The maximum atomic E-state index is 6.24. The average molecular weight is 352 g/mol. The molecule has 0 saturated carbocycles. The summed E-state index contributed by atoms with van der Waals surface area (Å²) in [5.41, 5.74) is 5.24. The molecule has 1 N–H and O–H groups in total. The highest BCUT2D eigenvalue weighted by molar-refractivity contribution is 6.70. The molecular formula is C20H25N3OSi. The van der Waals surface area contributed by atoms with Crippen LogP contribution in [0.2, 0.25) is 19.6 Å². The molecule has 0 saturated heterocycles. The third-order valence-corrected chi connectivity index (χ3v) is 4.84. The van der Waals surface area contributed by atoms with Gasteiger partial charge in [0.25, 0.3) is 0 Å². The topological polar surface area (TPSA) is 50.3 Å². The highest BCUT2D eigenvalue weighted by atomic mass is 28.4. The lowest BCUT2D eigenvalue weighted by atomic mass is 10.1. The van der Waals surface area contributed by atoms with E-state index < -0.39 is 8.32 Å². The number of hydrogen-bond donors (Lipinski definition) is 1. The Balaban J connectivity index is 1.90. The lowest BCUT2D eigenvalue weighted by Gasteiger charge is -2.23. The molecule has 2 aromatic carbocycles. The SMILES string of the molecule is CC(=NC(C)c1ccccc1O[Si](C)(C)C)c1ccc2nc[nH]c2c1. The zero-order valence-electron chi connectivity index (χ0n) is 15.5. The Morgan fingerprint density at radius 3 is 2.68 bits per heavy atom. The molecule has 3 aromatic rings. The van der Waals surface area contributed by atoms with Gasteiger partial charge in [0.15, 0.2) is 0 Å². The second-order valence-electron chi connectivity index (χ2n) is 7.28. The zero-order valence-corrected chi connectivity index (χ0v) is 16.5. The van der Waals surface area contributed by atoms with Gasteiger partial charge in [0, 0.05) is 11.3 Å². The number of fused-ring (bicyclic) bond motifs is 1. The summed E-state index contributed by atoms with van der Waals surface area (Å²) in [4.78, 5) is 12.3. The van der Waals surface area contributed by atoms with E-state index in [-0.39, 0.29) is 6.04 Å². The highest BCUT2D eigenvalue weighted by Crippen LogP contribution is 2.30. The molecule has 0 fully saturated rings. The normalized spacial score (nSPS) is 13.9. The predicted octanol–water partition coefficient (Wildman–Crippen LogP) is 5.35. The fraction of sp³-hybridized carbons (Fsp3) is 0.300. The van der Waals surface area contributed by atoms with Crippen LogP contribution in [0.4, 0.5) is 0 Å². The van der Waals surface area contributed by atoms with Gasteiger partial charge in [-0.2, -0.15) is 0 Å². The van der Waals surface area contributed by atoms with E-state index in [1.165, 1.54) is 0 Å². The number of para-hydroxylation sites is 1. The van der Waals surface area contributed by atoms with Gasteiger partial charge in [-0.3, -0.25) is 4.99 Å². The number of nitrogens with one attached hydrogen (secondary N) is 1. The van der Waals surface area contributed by atoms with Gasteiger partial charge in [0.1, 0.15) is 5.75 Å². The molecule has 5 heteroatoms. The van der Waals surface area contributed by atoms with Crippen LogP contribution >= 0.6 is 0 Å². The number of aromatic amines is 1. The van der Waals surface area contributed by atoms with Crippen molar-refractivity contribution in [3.05, 3.63) is 59.9 Å². The van der Waals surface area contributed by atoms with Crippen molar-refractivity contribution in [3.63, 3.8) is 0 Å². The molecule has 0 aliphatic rings. The monoisotopic (exact) mass is 351 g/mol. The van der Waals surface area contributed by atoms with Crippen LogP contribution < -0.4 is 4.43 Å². The molecule has 1 aromatic heterocycles. The summed E-state index contributed by atoms with van der Waals surface area (Å²) in [5.74, 6) is 0.953. The third-order valence-electron chi connectivity index (χ3n) is 4.01. The summed E-state index contributed by atoms with van der Waals surface area (Å²) in [6.07, 6.45) is 1.72. The molecule has 130 valence electrons. The maximum absolute atomic E-state index is 6.24. The van der Waals surface area contributed by atoms with Crippen molar-refractivity contribution in [2.45, 2.75) is 39.5 Å². The predicted molar refractivity (Wildman–Crippen MR) is 107 cm³/mol. The molecule has 0 aliphatic carbocycles. The van der Waals surface area contributed by atoms with Crippen LogP contribution in [0.5, 0.6) is 5.75 Å². The molecule has 3 rings (SSSR count). The lowest BCUT2D eigenvalue weighted by Crippen LogP contribution is -2.29. The fourth-order valence-electron chi connectivity index (χ4n) is 2.84. The second kappa shape index (κ2) is 6.84. The van der Waals surface area contributed by atoms with Crippen molar-refractivity contribution in [3.8, 4) is 5.75 Å². The van der Waals surface area contributed by atoms with Crippen molar-refractivity contribution in [1.29, 1.82) is 0 Å². The molecule has 0 amide bonds. The number of hydrogen-bond acceptors (Lipinski definition) is 3. The first-order valence-corrected chi connectivity index (χ1v) is 12.0. The minimum atomic E-state index is -1.66. The van der Waals surface area contributed by atoms with E-state index in [0.29, 0.717) is 0 Å².